The molecule has 160 valence electrons. The maximum absolute atomic E-state index is 13.1. The van der Waals surface area contributed by atoms with E-state index in [2.05, 4.69) is 21.0 Å². The molecule has 1 amide bonds. The molecule has 2 N–H and O–H groups in total. The van der Waals surface area contributed by atoms with E-state index < -0.39 is 28.8 Å². The first-order chi connectivity index (χ1) is 14.2. The van der Waals surface area contributed by atoms with E-state index in [1.54, 1.807) is 16.6 Å². The van der Waals surface area contributed by atoms with Gasteiger partial charge in [0.05, 0.1) is 28.0 Å². The Morgan fingerprint density at radius 2 is 2.13 bits per heavy atom. The van der Waals surface area contributed by atoms with Crippen LogP contribution in [-0.2, 0) is 12.7 Å². The van der Waals surface area contributed by atoms with Gasteiger partial charge >= 0.3 is 6.18 Å². The van der Waals surface area contributed by atoms with Crippen molar-refractivity contribution in [3.8, 4) is 0 Å². The molecule has 12 heteroatoms. The molecule has 0 unspecified atom stereocenters. The molecule has 0 saturated carbocycles. The molecule has 0 radical (unpaired) electrons. The molecule has 1 atom stereocenters. The van der Waals surface area contributed by atoms with Crippen molar-refractivity contribution in [3.63, 3.8) is 0 Å². The minimum Gasteiger partial charge on any atom is -0.330 e. The van der Waals surface area contributed by atoms with Gasteiger partial charge in [-0.05, 0) is 19.9 Å². The fourth-order valence-corrected chi connectivity index (χ4v) is 3.92. The number of aryl methyl sites for hydroxylation is 1. The van der Waals surface area contributed by atoms with Gasteiger partial charge < -0.3 is 10.3 Å². The van der Waals surface area contributed by atoms with Crippen LogP contribution in [0.1, 0.15) is 36.3 Å². The molecule has 8 nitrogen and oxygen atoms in total. The second-order valence-electron chi connectivity index (χ2n) is 6.91. The number of carbonyl (C=O) groups excluding carboxylic acids is 1. The molecule has 0 saturated heterocycles. The van der Waals surface area contributed by atoms with E-state index >= 15 is 0 Å². The number of alkyl halides is 3. The fourth-order valence-electron chi connectivity index (χ4n) is 3.62. The van der Waals surface area contributed by atoms with Crippen LogP contribution < -0.4 is 16.0 Å². The van der Waals surface area contributed by atoms with Crippen LogP contribution in [0, 0.1) is 0 Å². The minimum absolute atomic E-state index is 0.223. The lowest BCUT2D eigenvalue weighted by molar-refractivity contribution is -0.141. The number of halogens is 4. The van der Waals surface area contributed by atoms with Gasteiger partial charge in [-0.1, -0.05) is 11.6 Å². The highest BCUT2D eigenvalue weighted by Crippen LogP contribution is 2.36. The zero-order valence-electron chi connectivity index (χ0n) is 16.2. The van der Waals surface area contributed by atoms with Crippen molar-refractivity contribution < 1.29 is 18.0 Å². The number of anilines is 1. The number of carbonyl (C=O) groups is 1. The van der Waals surface area contributed by atoms with Crippen LogP contribution in [0.3, 0.4) is 0 Å². The molecule has 4 heterocycles. The van der Waals surface area contributed by atoms with Crippen LogP contribution >= 0.6 is 11.6 Å². The summed E-state index contributed by atoms with van der Waals surface area (Å²) in [5.74, 6) is 0.121. The first-order valence-electron chi connectivity index (χ1n) is 9.33. The van der Waals surface area contributed by atoms with E-state index in [0.717, 1.165) is 24.1 Å². The predicted molar refractivity (Wildman–Crippen MR) is 103 cm³/mol. The lowest BCUT2D eigenvalue weighted by Crippen LogP contribution is -2.46. The first-order valence-corrected chi connectivity index (χ1v) is 9.71. The molecule has 2 aliphatic rings. The van der Waals surface area contributed by atoms with Gasteiger partial charge in [0.15, 0.2) is 11.5 Å². The average molecular weight is 442 g/mol. The molecule has 2 aliphatic heterocycles. The maximum Gasteiger partial charge on any atom is 0.434 e. The van der Waals surface area contributed by atoms with E-state index in [-0.39, 0.29) is 5.56 Å². The van der Waals surface area contributed by atoms with Crippen LogP contribution in [0.4, 0.5) is 19.0 Å². The number of nitrogens with one attached hydrogen (secondary N) is 2. The maximum atomic E-state index is 13.1. The molecule has 0 aromatic carbocycles. The van der Waals surface area contributed by atoms with Gasteiger partial charge in [-0.2, -0.15) is 18.3 Å². The van der Waals surface area contributed by atoms with Crippen molar-refractivity contribution in [1.82, 2.24) is 30.6 Å². The van der Waals surface area contributed by atoms with E-state index in [9.17, 15) is 18.0 Å². The lowest BCUT2D eigenvalue weighted by Gasteiger charge is -2.34. The van der Waals surface area contributed by atoms with Gasteiger partial charge in [-0.15, -0.1) is 5.53 Å². The standard InChI is InChI=1S/C18H19ClF3N7O/c1-3-27-8-6-13(25-27)29-12-5-9-28(10(2)15(12)24-26-29)17(30)11-4-7-23-16(14(11)19)18(20,21)22/h4,6-8,10,24,26H,3,5,9H2,1-2H3/t10-/m0/s1. The highest BCUT2D eigenvalue weighted by molar-refractivity contribution is 6.34. The van der Waals surface area contributed by atoms with Crippen molar-refractivity contribution in [1.29, 1.82) is 0 Å². The van der Waals surface area contributed by atoms with E-state index in [1.165, 1.54) is 11.0 Å². The quantitative estimate of drug-likeness (QED) is 0.762. The van der Waals surface area contributed by atoms with Crippen LogP contribution in [0.2, 0.25) is 5.02 Å². The molecule has 0 fully saturated rings. The zero-order valence-corrected chi connectivity index (χ0v) is 16.9. The number of hydrazine groups is 2. The van der Waals surface area contributed by atoms with Crippen molar-refractivity contribution >= 4 is 23.3 Å². The molecule has 0 spiro atoms. The number of pyridine rings is 1. The highest BCUT2D eigenvalue weighted by Gasteiger charge is 2.40. The number of hydrogen-bond acceptors (Lipinski definition) is 6. The number of rotatable bonds is 3. The monoisotopic (exact) mass is 441 g/mol. The van der Waals surface area contributed by atoms with Gasteiger partial charge in [0, 0.05) is 38.0 Å². The van der Waals surface area contributed by atoms with Crippen LogP contribution in [-0.4, -0.2) is 38.2 Å². The first kappa shape index (κ1) is 20.5. The van der Waals surface area contributed by atoms with E-state index in [0.29, 0.717) is 18.8 Å². The highest BCUT2D eigenvalue weighted by atomic mass is 35.5. The zero-order chi connectivity index (χ0) is 21.6. The summed E-state index contributed by atoms with van der Waals surface area (Å²) in [6, 6.07) is 2.66. The molecule has 0 bridgehead atoms. The van der Waals surface area contributed by atoms with Crippen LogP contribution in [0.5, 0.6) is 0 Å². The molecular formula is C18H19ClF3N7O. The van der Waals surface area contributed by atoms with Gasteiger partial charge in [0.25, 0.3) is 5.91 Å². The SMILES string of the molecule is CCn1ccc(N2NNC3=C2CCN(C(=O)c2ccnc(C(F)(F)F)c2Cl)[C@H]3C)n1. The van der Waals surface area contributed by atoms with Crippen molar-refractivity contribution in [3.05, 3.63) is 52.2 Å². The van der Waals surface area contributed by atoms with Gasteiger partial charge in [0.1, 0.15) is 0 Å². The van der Waals surface area contributed by atoms with Crippen molar-refractivity contribution in [2.24, 2.45) is 0 Å². The molecular weight excluding hydrogens is 423 g/mol. The van der Waals surface area contributed by atoms with Crippen LogP contribution in [0.25, 0.3) is 0 Å². The Bertz CT molecular complexity index is 1020. The number of aromatic nitrogens is 3. The summed E-state index contributed by atoms with van der Waals surface area (Å²) >= 11 is 5.90. The van der Waals surface area contributed by atoms with Crippen molar-refractivity contribution in [2.75, 3.05) is 11.6 Å². The molecule has 2 aromatic rings. The Kier molecular flexibility index (Phi) is 5.10. The molecule has 2 aromatic heterocycles. The Morgan fingerprint density at radius 3 is 2.80 bits per heavy atom. The van der Waals surface area contributed by atoms with E-state index in [1.807, 2.05) is 19.2 Å². The Labute approximate surface area is 175 Å². The third kappa shape index (κ3) is 3.37. The Balaban J connectivity index is 1.60. The second-order valence-corrected chi connectivity index (χ2v) is 7.28. The molecule has 30 heavy (non-hydrogen) atoms. The largest absolute Gasteiger partial charge is 0.434 e. The minimum atomic E-state index is -4.74. The number of nitrogens with zero attached hydrogens (tertiary/aromatic N) is 5. The predicted octanol–water partition coefficient (Wildman–Crippen LogP) is 2.95. The number of hydrogen-bond donors (Lipinski definition) is 2. The summed E-state index contributed by atoms with van der Waals surface area (Å²) in [4.78, 5) is 17.8. The summed E-state index contributed by atoms with van der Waals surface area (Å²) in [6.45, 7) is 4.83. The van der Waals surface area contributed by atoms with Gasteiger partial charge in [0.2, 0.25) is 0 Å². The van der Waals surface area contributed by atoms with E-state index in [4.69, 9.17) is 11.6 Å². The third-order valence-electron chi connectivity index (χ3n) is 5.19. The summed E-state index contributed by atoms with van der Waals surface area (Å²) in [5, 5.41) is 5.59. The smallest absolute Gasteiger partial charge is 0.330 e. The summed E-state index contributed by atoms with van der Waals surface area (Å²) < 4.78 is 41.1. The molecule has 4 rings (SSSR count). The lowest BCUT2D eigenvalue weighted by atomic mass is 10.0. The topological polar surface area (TPSA) is 78.3 Å². The summed E-state index contributed by atoms with van der Waals surface area (Å²) in [5.41, 5.74) is 6.28. The number of amides is 1. The Hall–Kier alpha value is -2.79. The van der Waals surface area contributed by atoms with Gasteiger partial charge in [-0.3, -0.25) is 14.5 Å². The average Bonchev–Trinajstić information content (AvgIpc) is 3.34. The second kappa shape index (κ2) is 7.47. The third-order valence-corrected chi connectivity index (χ3v) is 5.57. The van der Waals surface area contributed by atoms with Crippen molar-refractivity contribution in [2.45, 2.75) is 39.0 Å². The summed E-state index contributed by atoms with van der Waals surface area (Å²) in [6.07, 6.45) is -1.45. The molecule has 0 aliphatic carbocycles. The van der Waals surface area contributed by atoms with Gasteiger partial charge in [-0.25, -0.2) is 5.01 Å². The normalized spacial score (nSPS) is 19.2. The fraction of sp³-hybridized carbons (Fsp3) is 0.389. The summed E-state index contributed by atoms with van der Waals surface area (Å²) in [7, 11) is 0. The van der Waals surface area contributed by atoms with Crippen LogP contribution in [0.15, 0.2) is 35.9 Å². The Morgan fingerprint density at radius 1 is 1.37 bits per heavy atom.